The van der Waals surface area contributed by atoms with Crippen molar-refractivity contribution in [3.63, 3.8) is 0 Å². The third-order valence-electron chi connectivity index (χ3n) is 7.05. The first kappa shape index (κ1) is 24.0. The van der Waals surface area contributed by atoms with Crippen molar-refractivity contribution >= 4 is 45.5 Å². The molecular weight excluding hydrogens is 500 g/mol. The van der Waals surface area contributed by atoms with Gasteiger partial charge in [-0.05, 0) is 67.3 Å². The highest BCUT2D eigenvalue weighted by Gasteiger charge is 2.28. The average Bonchev–Trinajstić information content (AvgIpc) is 3.66. The lowest BCUT2D eigenvalue weighted by Crippen LogP contribution is -2.26. The number of fused-ring (bicyclic) bond motifs is 1. The van der Waals surface area contributed by atoms with Gasteiger partial charge in [0.25, 0.3) is 0 Å². The van der Waals surface area contributed by atoms with E-state index in [0.717, 1.165) is 75.1 Å². The van der Waals surface area contributed by atoms with Gasteiger partial charge in [0.1, 0.15) is 15.8 Å². The smallest absolute Gasteiger partial charge is 0.178 e. The van der Waals surface area contributed by atoms with Crippen molar-refractivity contribution in [3.8, 4) is 21.8 Å². The molecule has 1 aliphatic rings. The largest absolute Gasteiger partial charge is 0.382 e. The van der Waals surface area contributed by atoms with Gasteiger partial charge < -0.3 is 16.8 Å². The number of nitrogens with zero attached hydrogens (tertiary/aromatic N) is 5. The van der Waals surface area contributed by atoms with Crippen LogP contribution in [0.15, 0.2) is 47.3 Å². The lowest BCUT2D eigenvalue weighted by molar-refractivity contribution is 0.396. The zero-order valence-electron chi connectivity index (χ0n) is 20.9. The van der Waals surface area contributed by atoms with Crippen LogP contribution in [0, 0.1) is 0 Å². The van der Waals surface area contributed by atoms with Crippen LogP contribution in [0.2, 0.25) is 0 Å². The summed E-state index contributed by atoms with van der Waals surface area (Å²) in [5.41, 5.74) is 19.6. The molecule has 0 spiro atoms. The predicted octanol–water partition coefficient (Wildman–Crippen LogP) is 6.41. The molecule has 0 atom stereocenters. The third kappa shape index (κ3) is 4.60. The predicted molar refractivity (Wildman–Crippen MR) is 153 cm³/mol. The quantitative estimate of drug-likeness (QED) is 0.232. The fraction of sp³-hybridized carbons (Fsp3) is 0.333. The molecule has 1 fully saturated rings. The number of nitrogens with one attached hydrogen (secondary N) is 1. The molecule has 4 heterocycles. The number of nitrogen functional groups attached to an aromatic ring is 1. The second-order valence-corrected chi connectivity index (χ2v) is 11.8. The molecule has 0 unspecified atom stereocenters. The Kier molecular flexibility index (Phi) is 6.39. The molecule has 37 heavy (non-hydrogen) atoms. The summed E-state index contributed by atoms with van der Waals surface area (Å²) in [5.74, 6) is 1.20. The molecule has 1 saturated carbocycles. The van der Waals surface area contributed by atoms with Gasteiger partial charge in [0, 0.05) is 39.7 Å². The van der Waals surface area contributed by atoms with Crippen molar-refractivity contribution in [1.29, 1.82) is 0 Å². The van der Waals surface area contributed by atoms with Gasteiger partial charge in [0.2, 0.25) is 0 Å². The van der Waals surface area contributed by atoms with Gasteiger partial charge in [-0.25, -0.2) is 9.50 Å². The van der Waals surface area contributed by atoms with Crippen molar-refractivity contribution in [2.75, 3.05) is 11.1 Å². The maximum Gasteiger partial charge on any atom is 0.178 e. The molecule has 5 N–H and O–H groups in total. The van der Waals surface area contributed by atoms with Gasteiger partial charge in [-0.15, -0.1) is 15.3 Å². The van der Waals surface area contributed by atoms with E-state index in [-0.39, 0.29) is 12.0 Å². The number of hydrogen-bond donors (Lipinski definition) is 3. The molecule has 1 aromatic carbocycles. The molecule has 8 nitrogen and oxygen atoms in total. The van der Waals surface area contributed by atoms with Gasteiger partial charge in [-0.2, -0.15) is 11.3 Å². The summed E-state index contributed by atoms with van der Waals surface area (Å²) in [5, 5.41) is 23.3. The summed E-state index contributed by atoms with van der Waals surface area (Å²) in [6.07, 6.45) is 5.82. The van der Waals surface area contributed by atoms with Crippen LogP contribution in [0.5, 0.6) is 0 Å². The number of benzene rings is 1. The molecule has 4 aromatic heterocycles. The average molecular weight is 531 g/mol. The summed E-state index contributed by atoms with van der Waals surface area (Å²) >= 11 is 3.29. The summed E-state index contributed by atoms with van der Waals surface area (Å²) in [7, 11) is 0. The maximum atomic E-state index is 6.67. The van der Waals surface area contributed by atoms with Gasteiger partial charge >= 0.3 is 0 Å². The molecule has 1 aliphatic carbocycles. The first-order valence-corrected chi connectivity index (χ1v) is 14.4. The summed E-state index contributed by atoms with van der Waals surface area (Å²) < 4.78 is 1.86. The van der Waals surface area contributed by atoms with E-state index in [1.54, 1.807) is 22.7 Å². The zero-order valence-corrected chi connectivity index (χ0v) is 22.5. The monoisotopic (exact) mass is 530 g/mol. The van der Waals surface area contributed by atoms with Crippen LogP contribution in [-0.4, -0.2) is 30.8 Å². The van der Waals surface area contributed by atoms with Crippen LogP contribution in [0.3, 0.4) is 0 Å². The van der Waals surface area contributed by atoms with Crippen LogP contribution in [0.25, 0.3) is 27.5 Å². The van der Waals surface area contributed by atoms with E-state index in [1.165, 1.54) is 0 Å². The third-order valence-corrected chi connectivity index (χ3v) is 9.00. The molecule has 0 amide bonds. The van der Waals surface area contributed by atoms with Gasteiger partial charge in [0.15, 0.2) is 5.65 Å². The normalized spacial score (nSPS) is 18.1. The molecule has 0 aliphatic heterocycles. The fourth-order valence-electron chi connectivity index (χ4n) is 5.00. The van der Waals surface area contributed by atoms with Crippen molar-refractivity contribution in [2.24, 2.45) is 5.73 Å². The lowest BCUT2D eigenvalue weighted by atomic mass is 9.81. The van der Waals surface area contributed by atoms with Gasteiger partial charge in [-0.3, -0.25) is 0 Å². The van der Waals surface area contributed by atoms with Crippen LogP contribution >= 0.6 is 22.7 Å². The first-order chi connectivity index (χ1) is 18.0. The topological polar surface area (TPSA) is 120 Å². The molecule has 6 rings (SSSR count). The van der Waals surface area contributed by atoms with Crippen molar-refractivity contribution in [2.45, 2.75) is 57.4 Å². The highest BCUT2D eigenvalue weighted by atomic mass is 32.1. The number of rotatable bonds is 6. The molecule has 0 radical (unpaired) electrons. The van der Waals surface area contributed by atoms with Crippen molar-refractivity contribution < 1.29 is 0 Å². The highest BCUT2D eigenvalue weighted by molar-refractivity contribution is 7.14. The van der Waals surface area contributed by atoms with E-state index in [9.17, 15) is 0 Å². The van der Waals surface area contributed by atoms with Gasteiger partial charge in [-0.1, -0.05) is 25.2 Å². The maximum absolute atomic E-state index is 6.67. The lowest BCUT2D eigenvalue weighted by Gasteiger charge is -2.29. The van der Waals surface area contributed by atoms with Gasteiger partial charge in [0.05, 0.1) is 17.6 Å². The molecular formula is C27H30N8S2. The Balaban J connectivity index is 1.40. The number of aromatic nitrogens is 5. The van der Waals surface area contributed by atoms with Crippen molar-refractivity contribution in [1.82, 2.24) is 24.8 Å². The van der Waals surface area contributed by atoms with Crippen LogP contribution in [0.4, 0.5) is 17.2 Å². The Morgan fingerprint density at radius 1 is 1.03 bits per heavy atom. The summed E-state index contributed by atoms with van der Waals surface area (Å²) in [6, 6.07) is 10.6. The highest BCUT2D eigenvalue weighted by Crippen LogP contribution is 2.42. The van der Waals surface area contributed by atoms with Crippen LogP contribution < -0.4 is 16.8 Å². The number of imidazole rings is 1. The number of anilines is 3. The van der Waals surface area contributed by atoms with Crippen LogP contribution in [0.1, 0.15) is 61.9 Å². The second-order valence-electron chi connectivity index (χ2n) is 9.98. The van der Waals surface area contributed by atoms with Crippen molar-refractivity contribution in [3.05, 3.63) is 57.9 Å². The van der Waals surface area contributed by atoms with E-state index < -0.39 is 0 Å². The minimum Gasteiger partial charge on any atom is -0.382 e. The molecule has 0 bridgehead atoms. The van der Waals surface area contributed by atoms with E-state index in [4.69, 9.17) is 21.5 Å². The molecule has 5 aromatic rings. The number of thiophene rings is 1. The minimum atomic E-state index is 0.256. The molecule has 10 heteroatoms. The SMILES string of the molecule is CC(C)c1nnc(-c2ccc(Nc3c(C4CCC(N)CC4)c(N)nn4c(-c5ccsc5)cnc34)cc2)s1. The van der Waals surface area contributed by atoms with E-state index in [1.807, 2.05) is 10.7 Å². The second kappa shape index (κ2) is 9.85. The summed E-state index contributed by atoms with van der Waals surface area (Å²) in [4.78, 5) is 4.81. The van der Waals surface area contributed by atoms with Crippen LogP contribution in [-0.2, 0) is 0 Å². The first-order valence-electron chi connectivity index (χ1n) is 12.6. The Hall–Kier alpha value is -3.34. The van der Waals surface area contributed by atoms with E-state index >= 15 is 0 Å². The Bertz CT molecular complexity index is 1510. The molecule has 190 valence electrons. The Morgan fingerprint density at radius 2 is 1.81 bits per heavy atom. The molecule has 0 saturated heterocycles. The van der Waals surface area contributed by atoms with E-state index in [0.29, 0.717) is 11.7 Å². The fourth-order valence-corrected chi connectivity index (χ4v) is 6.50. The zero-order chi connectivity index (χ0) is 25.5. The van der Waals surface area contributed by atoms with E-state index in [2.05, 4.69) is 70.5 Å². The Labute approximate surface area is 223 Å². The number of hydrogen-bond acceptors (Lipinski definition) is 9. The minimum absolute atomic E-state index is 0.256. The standard InChI is InChI=1S/C27H30N8S2/c1-15(2)26-32-33-27(37-26)17-5-9-20(10-6-17)31-23-22(16-3-7-19(28)8-4-16)24(29)34-35-21(13-30-25(23)35)18-11-12-36-14-18/h5-6,9-16,19,31H,3-4,7-8,28H2,1-2H3,(H2,29,34). The summed E-state index contributed by atoms with van der Waals surface area (Å²) in [6.45, 7) is 4.27. The Morgan fingerprint density at radius 3 is 2.49 bits per heavy atom. The number of nitrogens with two attached hydrogens (primary N) is 2.